The smallest absolute Gasteiger partial charge is 0.250 e. The summed E-state index contributed by atoms with van der Waals surface area (Å²) in [6, 6.07) is 14.3. The molecule has 0 atom stereocenters. The first-order valence-corrected chi connectivity index (χ1v) is 12.0. The second-order valence-electron chi connectivity index (χ2n) is 9.34. The van der Waals surface area contributed by atoms with E-state index >= 15 is 0 Å². The summed E-state index contributed by atoms with van der Waals surface area (Å²) < 4.78 is 0. The van der Waals surface area contributed by atoms with Crippen molar-refractivity contribution in [2.75, 3.05) is 38.1 Å². The van der Waals surface area contributed by atoms with Crippen LogP contribution in [0.1, 0.15) is 41.7 Å². The summed E-state index contributed by atoms with van der Waals surface area (Å²) in [4.78, 5) is 27.8. The van der Waals surface area contributed by atoms with Crippen LogP contribution < -0.4 is 15.5 Å². The molecule has 0 saturated heterocycles. The minimum absolute atomic E-state index is 0. The Balaban J connectivity index is 0.00000342. The number of carbonyl (C=O) groups is 2. The lowest BCUT2D eigenvalue weighted by atomic mass is 10.0. The Hall–Kier alpha value is -2.67. The fourth-order valence-corrected chi connectivity index (χ4v) is 4.44. The van der Waals surface area contributed by atoms with Crippen LogP contribution >= 0.6 is 24.8 Å². The minimum atomic E-state index is -0.115. The van der Waals surface area contributed by atoms with Crippen molar-refractivity contribution in [1.29, 1.82) is 5.26 Å². The number of nitriles is 1. The number of benzene rings is 2. The minimum Gasteiger partial charge on any atom is -0.313 e. The van der Waals surface area contributed by atoms with Gasteiger partial charge in [0, 0.05) is 45.0 Å². The van der Waals surface area contributed by atoms with Crippen LogP contribution in [0.4, 0.5) is 5.69 Å². The summed E-state index contributed by atoms with van der Waals surface area (Å²) in [5.74, 6) is -0.208. The van der Waals surface area contributed by atoms with Crippen molar-refractivity contribution >= 4 is 42.3 Å². The van der Waals surface area contributed by atoms with Crippen LogP contribution in [0.3, 0.4) is 0 Å². The Morgan fingerprint density at radius 3 is 2.08 bits per heavy atom. The largest absolute Gasteiger partial charge is 0.313 e. The summed E-state index contributed by atoms with van der Waals surface area (Å²) in [5.41, 5.74) is 5.61. The molecule has 0 aromatic heterocycles. The number of rotatable bonds is 10. The van der Waals surface area contributed by atoms with Crippen LogP contribution in [0.25, 0.3) is 0 Å². The molecule has 2 N–H and O–H groups in total. The van der Waals surface area contributed by atoms with Gasteiger partial charge in [0.2, 0.25) is 5.91 Å². The first-order valence-electron chi connectivity index (χ1n) is 12.0. The lowest BCUT2D eigenvalue weighted by Crippen LogP contribution is -2.47. The maximum atomic E-state index is 13.3. The molecule has 0 fully saturated rings. The molecule has 0 unspecified atom stereocenters. The Morgan fingerprint density at radius 1 is 1.03 bits per heavy atom. The first-order chi connectivity index (χ1) is 16.7. The average Bonchev–Trinajstić information content (AvgIpc) is 3.25. The quantitative estimate of drug-likeness (QED) is 0.473. The van der Waals surface area contributed by atoms with Crippen molar-refractivity contribution in [2.45, 2.75) is 46.8 Å². The molecule has 202 valence electrons. The van der Waals surface area contributed by atoms with Gasteiger partial charge in [0.25, 0.3) is 5.91 Å². The number of fused-ring (bicyclic) bond motifs is 1. The van der Waals surface area contributed by atoms with Gasteiger partial charge in [-0.05, 0) is 48.2 Å². The van der Waals surface area contributed by atoms with Crippen LogP contribution in [0.5, 0.6) is 0 Å². The molecule has 37 heavy (non-hydrogen) atoms. The first kappa shape index (κ1) is 32.4. The van der Waals surface area contributed by atoms with Crippen LogP contribution in [-0.2, 0) is 22.7 Å². The third-order valence-corrected chi connectivity index (χ3v) is 6.24. The molecular formula is C27H38Cl2N6O2. The van der Waals surface area contributed by atoms with Gasteiger partial charge in [-0.15, -0.1) is 24.8 Å². The molecule has 2 amide bonds. The van der Waals surface area contributed by atoms with Gasteiger partial charge >= 0.3 is 0 Å². The van der Waals surface area contributed by atoms with Crippen LogP contribution in [-0.4, -0.2) is 61.1 Å². The Labute approximate surface area is 232 Å². The van der Waals surface area contributed by atoms with Gasteiger partial charge in [0.15, 0.2) is 0 Å². The summed E-state index contributed by atoms with van der Waals surface area (Å²) in [6.07, 6.45) is 0. The van der Waals surface area contributed by atoms with E-state index in [1.807, 2.05) is 31.0 Å². The van der Waals surface area contributed by atoms with E-state index < -0.39 is 0 Å². The van der Waals surface area contributed by atoms with E-state index in [0.717, 1.165) is 16.8 Å². The monoisotopic (exact) mass is 548 g/mol. The number of carbonyl (C=O) groups excluding carboxylic acids is 2. The van der Waals surface area contributed by atoms with Crippen molar-refractivity contribution in [1.82, 2.24) is 20.7 Å². The predicted octanol–water partition coefficient (Wildman–Crippen LogP) is 3.33. The highest BCUT2D eigenvalue weighted by Gasteiger charge is 2.25. The fraction of sp³-hybridized carbons (Fsp3) is 0.444. The molecule has 0 spiro atoms. The lowest BCUT2D eigenvalue weighted by molar-refractivity contribution is -0.145. The van der Waals surface area contributed by atoms with E-state index in [2.05, 4.69) is 42.7 Å². The molecule has 0 bridgehead atoms. The van der Waals surface area contributed by atoms with E-state index in [9.17, 15) is 14.9 Å². The molecule has 0 saturated carbocycles. The van der Waals surface area contributed by atoms with Crippen LogP contribution in [0.15, 0.2) is 36.4 Å². The Kier molecular flexibility index (Phi) is 13.0. The number of aryl methyl sites for hydroxylation is 2. The van der Waals surface area contributed by atoms with Crippen molar-refractivity contribution in [3.8, 4) is 6.07 Å². The highest BCUT2D eigenvalue weighted by molar-refractivity contribution is 5.96. The Morgan fingerprint density at radius 2 is 1.57 bits per heavy atom. The third-order valence-electron chi connectivity index (χ3n) is 6.24. The number of hydrogen-bond donors (Lipinski definition) is 2. The number of anilines is 1. The number of hydrogen-bond acceptors (Lipinski definition) is 6. The molecule has 2 aromatic carbocycles. The zero-order valence-electron chi connectivity index (χ0n) is 22.2. The van der Waals surface area contributed by atoms with E-state index in [1.165, 1.54) is 11.1 Å². The van der Waals surface area contributed by atoms with Crippen LogP contribution in [0.2, 0.25) is 0 Å². The maximum Gasteiger partial charge on any atom is 0.250 e. The van der Waals surface area contributed by atoms with Gasteiger partial charge in [-0.2, -0.15) is 5.26 Å². The number of nitrogens with zero attached hydrogens (tertiary/aromatic N) is 4. The number of nitrogens with one attached hydrogen (secondary N) is 2. The van der Waals surface area contributed by atoms with Crippen molar-refractivity contribution < 1.29 is 9.59 Å². The number of amides is 2. The van der Waals surface area contributed by atoms with Crippen molar-refractivity contribution in [3.05, 3.63) is 64.2 Å². The van der Waals surface area contributed by atoms with Crippen molar-refractivity contribution in [2.24, 2.45) is 0 Å². The highest BCUT2D eigenvalue weighted by atomic mass is 35.5. The molecule has 2 aromatic rings. The van der Waals surface area contributed by atoms with E-state index in [1.54, 1.807) is 29.1 Å². The maximum absolute atomic E-state index is 13.3. The molecular weight excluding hydrogens is 511 g/mol. The fourth-order valence-electron chi connectivity index (χ4n) is 4.44. The number of hydrazine groups is 1. The van der Waals surface area contributed by atoms with Gasteiger partial charge < -0.3 is 10.2 Å². The van der Waals surface area contributed by atoms with Gasteiger partial charge in [0.05, 0.1) is 24.7 Å². The SMILES string of the molecule is Cc1cc(C#N)cc(C)c1N(CCNC(C)C)C(=O)CNCC(=O)N(C)N1Cc2ccccc2C1.Cl.Cl. The second kappa shape index (κ2) is 14.9. The average molecular weight is 550 g/mol. The van der Waals surface area contributed by atoms with E-state index in [0.29, 0.717) is 37.8 Å². The Bertz CT molecular complexity index is 1070. The van der Waals surface area contributed by atoms with Gasteiger partial charge in [-0.3, -0.25) is 19.9 Å². The zero-order chi connectivity index (χ0) is 25.5. The summed E-state index contributed by atoms with van der Waals surface area (Å²) in [6.45, 7) is 10.6. The van der Waals surface area contributed by atoms with Crippen molar-refractivity contribution in [3.63, 3.8) is 0 Å². The normalized spacial score (nSPS) is 12.2. The molecule has 1 aliphatic heterocycles. The summed E-state index contributed by atoms with van der Waals surface area (Å²) in [7, 11) is 1.77. The van der Waals surface area contributed by atoms with Gasteiger partial charge in [-0.25, -0.2) is 5.01 Å². The molecule has 1 heterocycles. The molecule has 0 aliphatic carbocycles. The molecule has 8 nitrogen and oxygen atoms in total. The molecule has 0 radical (unpaired) electrons. The lowest BCUT2D eigenvalue weighted by Gasteiger charge is -2.29. The van der Waals surface area contributed by atoms with Crippen LogP contribution in [0, 0.1) is 25.2 Å². The summed E-state index contributed by atoms with van der Waals surface area (Å²) in [5, 5.41) is 19.3. The molecule has 3 rings (SSSR count). The third kappa shape index (κ3) is 8.42. The predicted molar refractivity (Wildman–Crippen MR) is 152 cm³/mol. The number of likely N-dealkylation sites (N-methyl/N-ethyl adjacent to an activating group) is 1. The molecule has 1 aliphatic rings. The van der Waals surface area contributed by atoms with Gasteiger partial charge in [0.1, 0.15) is 0 Å². The van der Waals surface area contributed by atoms with E-state index in [-0.39, 0.29) is 49.7 Å². The second-order valence-corrected chi connectivity index (χ2v) is 9.34. The highest BCUT2D eigenvalue weighted by Crippen LogP contribution is 2.26. The van der Waals surface area contributed by atoms with E-state index in [4.69, 9.17) is 0 Å². The standard InChI is InChI=1S/C27H36N6O2.2ClH/c1-19(2)30-10-11-33(27-20(3)12-22(14-28)13-21(27)4)26(35)16-29-15-25(34)31(5)32-17-23-8-6-7-9-24(23)18-32;;/h6-9,12-13,19,29-30H,10-11,15-18H2,1-5H3;2*1H. The zero-order valence-corrected chi connectivity index (χ0v) is 23.8. The van der Waals surface area contributed by atoms with Gasteiger partial charge in [-0.1, -0.05) is 38.1 Å². The topological polar surface area (TPSA) is 91.7 Å². The number of halogens is 2. The molecule has 10 heteroatoms. The summed E-state index contributed by atoms with van der Waals surface area (Å²) >= 11 is 0.